The first-order valence-corrected chi connectivity index (χ1v) is 10.2. The molecule has 0 radical (unpaired) electrons. The van der Waals surface area contributed by atoms with Gasteiger partial charge < -0.3 is 14.6 Å². The first-order valence-electron chi connectivity index (χ1n) is 10.2. The number of carbonyl (C=O) groups excluding carboxylic acids is 1. The Balaban J connectivity index is 1.48. The van der Waals surface area contributed by atoms with Gasteiger partial charge in [-0.25, -0.2) is 4.98 Å². The fourth-order valence-electron chi connectivity index (χ4n) is 4.17. The van der Waals surface area contributed by atoms with Crippen molar-refractivity contribution in [2.24, 2.45) is 0 Å². The number of carbonyl (C=O) groups is 1. The van der Waals surface area contributed by atoms with Gasteiger partial charge in [-0.3, -0.25) is 9.69 Å². The van der Waals surface area contributed by atoms with Crippen LogP contribution < -0.4 is 0 Å². The van der Waals surface area contributed by atoms with E-state index in [4.69, 9.17) is 4.74 Å². The van der Waals surface area contributed by atoms with Crippen molar-refractivity contribution < 1.29 is 9.53 Å². The Morgan fingerprint density at radius 2 is 2.07 bits per heavy atom. The SMILES string of the molecule is COCC[C@H]1CN(C(=O)c2cccc3ccccc23)CCN1CCc1cnc[nH]1. The summed E-state index contributed by atoms with van der Waals surface area (Å²) in [6.07, 6.45) is 5.45. The van der Waals surface area contributed by atoms with Crippen LogP contribution in [0.1, 0.15) is 22.5 Å². The van der Waals surface area contributed by atoms with Crippen molar-refractivity contribution in [3.8, 4) is 0 Å². The highest BCUT2D eigenvalue weighted by atomic mass is 16.5. The molecule has 1 aliphatic rings. The summed E-state index contributed by atoms with van der Waals surface area (Å²) in [6.45, 7) is 4.00. The summed E-state index contributed by atoms with van der Waals surface area (Å²) in [5.74, 6) is 0.123. The summed E-state index contributed by atoms with van der Waals surface area (Å²) in [6, 6.07) is 14.4. The zero-order chi connectivity index (χ0) is 20.1. The molecule has 1 N–H and O–H groups in total. The fraction of sp³-hybridized carbons (Fsp3) is 0.391. The van der Waals surface area contributed by atoms with Gasteiger partial charge in [0, 0.05) is 69.8 Å². The Labute approximate surface area is 171 Å². The Morgan fingerprint density at radius 1 is 1.21 bits per heavy atom. The van der Waals surface area contributed by atoms with Crippen LogP contribution in [0.4, 0.5) is 0 Å². The summed E-state index contributed by atoms with van der Waals surface area (Å²) in [4.78, 5) is 25.1. The number of nitrogens with zero attached hydrogens (tertiary/aromatic N) is 3. The number of benzene rings is 2. The monoisotopic (exact) mass is 392 g/mol. The van der Waals surface area contributed by atoms with Crippen molar-refractivity contribution in [3.05, 3.63) is 66.2 Å². The van der Waals surface area contributed by atoms with Crippen molar-refractivity contribution >= 4 is 16.7 Å². The minimum absolute atomic E-state index is 0.123. The standard InChI is InChI=1S/C23H28N4O2/c1-29-14-10-20-16-27(13-12-26(20)11-9-19-15-24-17-25-19)23(28)22-8-4-6-18-5-2-3-7-21(18)22/h2-8,15,17,20H,9-14,16H2,1H3,(H,24,25)/t20-/m0/s1. The lowest BCUT2D eigenvalue weighted by molar-refractivity contribution is 0.0399. The molecule has 0 bridgehead atoms. The van der Waals surface area contributed by atoms with Crippen molar-refractivity contribution in [1.82, 2.24) is 19.8 Å². The summed E-state index contributed by atoms with van der Waals surface area (Å²) in [5, 5.41) is 2.13. The average Bonchev–Trinajstić information content (AvgIpc) is 3.29. The molecule has 1 aliphatic heterocycles. The van der Waals surface area contributed by atoms with Crippen LogP contribution in [0, 0.1) is 0 Å². The van der Waals surface area contributed by atoms with E-state index in [0.717, 1.165) is 61.1 Å². The van der Waals surface area contributed by atoms with Crippen molar-refractivity contribution in [2.75, 3.05) is 39.9 Å². The molecule has 1 amide bonds. The molecule has 0 saturated carbocycles. The second-order valence-corrected chi connectivity index (χ2v) is 7.58. The normalized spacial score (nSPS) is 17.7. The van der Waals surface area contributed by atoms with Crippen LogP contribution in [0.25, 0.3) is 10.8 Å². The lowest BCUT2D eigenvalue weighted by atomic mass is 10.0. The Morgan fingerprint density at radius 3 is 2.90 bits per heavy atom. The number of fused-ring (bicyclic) bond motifs is 1. The van der Waals surface area contributed by atoms with Gasteiger partial charge >= 0.3 is 0 Å². The summed E-state index contributed by atoms with van der Waals surface area (Å²) >= 11 is 0. The van der Waals surface area contributed by atoms with Crippen LogP contribution in [0.2, 0.25) is 0 Å². The molecular formula is C23H28N4O2. The minimum Gasteiger partial charge on any atom is -0.385 e. The highest BCUT2D eigenvalue weighted by Gasteiger charge is 2.30. The number of nitrogens with one attached hydrogen (secondary N) is 1. The number of aromatic nitrogens is 2. The Hall–Kier alpha value is -2.70. The van der Waals surface area contributed by atoms with Gasteiger partial charge in [-0.05, 0) is 23.3 Å². The third-order valence-corrected chi connectivity index (χ3v) is 5.79. The molecule has 0 spiro atoms. The molecule has 1 atom stereocenters. The third-order valence-electron chi connectivity index (χ3n) is 5.79. The van der Waals surface area contributed by atoms with Crippen LogP contribution in [-0.4, -0.2) is 71.6 Å². The van der Waals surface area contributed by atoms with Gasteiger partial charge in [-0.1, -0.05) is 36.4 Å². The Kier molecular flexibility index (Phi) is 6.22. The molecule has 0 unspecified atom stereocenters. The zero-order valence-corrected chi connectivity index (χ0v) is 16.9. The Bertz CT molecular complexity index is 936. The van der Waals surface area contributed by atoms with E-state index < -0.39 is 0 Å². The highest BCUT2D eigenvalue weighted by Crippen LogP contribution is 2.22. The highest BCUT2D eigenvalue weighted by molar-refractivity contribution is 6.07. The molecule has 6 nitrogen and oxygen atoms in total. The van der Waals surface area contributed by atoms with E-state index in [1.54, 1.807) is 13.4 Å². The van der Waals surface area contributed by atoms with Gasteiger partial charge in [0.15, 0.2) is 0 Å². The maximum absolute atomic E-state index is 13.3. The first kappa shape index (κ1) is 19.6. The summed E-state index contributed by atoms with van der Waals surface area (Å²) < 4.78 is 5.34. The third kappa shape index (κ3) is 4.49. The lowest BCUT2D eigenvalue weighted by Crippen LogP contribution is -2.55. The van der Waals surface area contributed by atoms with E-state index in [9.17, 15) is 4.79 Å². The molecule has 2 heterocycles. The second-order valence-electron chi connectivity index (χ2n) is 7.58. The molecule has 3 aromatic rings. The number of piperazine rings is 1. The molecule has 1 fully saturated rings. The molecule has 2 aromatic carbocycles. The quantitative estimate of drug-likeness (QED) is 0.672. The van der Waals surface area contributed by atoms with Gasteiger partial charge in [-0.15, -0.1) is 0 Å². The first-order chi connectivity index (χ1) is 14.3. The predicted molar refractivity (Wildman–Crippen MR) is 114 cm³/mol. The topological polar surface area (TPSA) is 61.5 Å². The van der Waals surface area contributed by atoms with Gasteiger partial charge in [0.25, 0.3) is 5.91 Å². The molecule has 6 heteroatoms. The minimum atomic E-state index is 0.123. The molecule has 4 rings (SSSR count). The second kappa shape index (κ2) is 9.20. The van der Waals surface area contributed by atoms with Crippen molar-refractivity contribution in [2.45, 2.75) is 18.9 Å². The number of amides is 1. The van der Waals surface area contributed by atoms with Crippen LogP contribution >= 0.6 is 0 Å². The maximum Gasteiger partial charge on any atom is 0.254 e. The summed E-state index contributed by atoms with van der Waals surface area (Å²) in [7, 11) is 1.73. The van der Waals surface area contributed by atoms with Crippen LogP contribution in [0.3, 0.4) is 0 Å². The number of ether oxygens (including phenoxy) is 1. The molecule has 1 saturated heterocycles. The van der Waals surface area contributed by atoms with Crippen molar-refractivity contribution in [3.63, 3.8) is 0 Å². The van der Waals surface area contributed by atoms with Crippen molar-refractivity contribution in [1.29, 1.82) is 0 Å². The van der Waals surface area contributed by atoms with E-state index in [1.165, 1.54) is 0 Å². The number of hydrogen-bond acceptors (Lipinski definition) is 4. The van der Waals surface area contributed by atoms with Gasteiger partial charge in [-0.2, -0.15) is 0 Å². The lowest BCUT2D eigenvalue weighted by Gasteiger charge is -2.41. The maximum atomic E-state index is 13.3. The number of H-pyrrole nitrogens is 1. The average molecular weight is 393 g/mol. The van der Waals surface area contributed by atoms with Crippen LogP contribution in [0.15, 0.2) is 55.0 Å². The van der Waals surface area contributed by atoms with E-state index in [1.807, 2.05) is 41.4 Å². The van der Waals surface area contributed by atoms with Gasteiger partial charge in [0.1, 0.15) is 0 Å². The number of methoxy groups -OCH3 is 1. The van der Waals surface area contributed by atoms with Crippen LogP contribution in [-0.2, 0) is 11.2 Å². The summed E-state index contributed by atoms with van der Waals surface area (Å²) in [5.41, 5.74) is 1.93. The number of hydrogen-bond donors (Lipinski definition) is 1. The van der Waals surface area contributed by atoms with Crippen LogP contribution in [0.5, 0.6) is 0 Å². The number of rotatable bonds is 7. The van der Waals surface area contributed by atoms with Gasteiger partial charge in [0.2, 0.25) is 0 Å². The smallest absolute Gasteiger partial charge is 0.254 e. The molecule has 1 aromatic heterocycles. The molecule has 29 heavy (non-hydrogen) atoms. The largest absolute Gasteiger partial charge is 0.385 e. The van der Waals surface area contributed by atoms with E-state index >= 15 is 0 Å². The fourth-order valence-corrected chi connectivity index (χ4v) is 4.17. The van der Waals surface area contributed by atoms with E-state index in [-0.39, 0.29) is 5.91 Å². The molecule has 0 aliphatic carbocycles. The predicted octanol–water partition coefficient (Wildman–Crippen LogP) is 2.97. The zero-order valence-electron chi connectivity index (χ0n) is 16.9. The van der Waals surface area contributed by atoms with E-state index in [2.05, 4.69) is 27.0 Å². The van der Waals surface area contributed by atoms with E-state index in [0.29, 0.717) is 12.6 Å². The number of imidazole rings is 1. The molecule has 152 valence electrons. The van der Waals surface area contributed by atoms with Gasteiger partial charge in [0.05, 0.1) is 6.33 Å². The molecular weight excluding hydrogens is 364 g/mol. The number of aromatic amines is 1.